The maximum Gasteiger partial charge on any atom is 0.151 e. The molecule has 0 bridgehead atoms. The lowest BCUT2D eigenvalue weighted by atomic mass is 9.91. The number of hydrogen-bond acceptors (Lipinski definition) is 3. The fourth-order valence-corrected chi connectivity index (χ4v) is 6.81. The van der Waals surface area contributed by atoms with Crippen LogP contribution in [-0.2, 0) is 16.3 Å². The van der Waals surface area contributed by atoms with E-state index in [1.54, 1.807) is 0 Å². The van der Waals surface area contributed by atoms with Crippen molar-refractivity contribution >= 4 is 9.84 Å². The standard InChI is InChI=1S/C19H27NO2S/c1-15(10-16-2-4-17(5-3-16)18-6-7-18)11-20-9-8-19(12-20)13-23(21,22)14-19/h2-5,15,18H,6-14H2,1H3/t15-/m0/s1. The van der Waals surface area contributed by atoms with Gasteiger partial charge in [0.1, 0.15) is 0 Å². The molecule has 0 N–H and O–H groups in total. The largest absolute Gasteiger partial charge is 0.302 e. The molecule has 0 aromatic heterocycles. The molecule has 3 aliphatic rings. The molecule has 1 saturated carbocycles. The average molecular weight is 333 g/mol. The number of likely N-dealkylation sites (tertiary alicyclic amines) is 1. The predicted octanol–water partition coefficient (Wildman–Crippen LogP) is 2.86. The molecule has 4 rings (SSSR count). The Bertz CT molecular complexity index is 664. The summed E-state index contributed by atoms with van der Waals surface area (Å²) in [6, 6.07) is 9.22. The molecule has 2 saturated heterocycles. The third-order valence-corrected chi connectivity index (χ3v) is 7.86. The van der Waals surface area contributed by atoms with Crippen molar-refractivity contribution in [2.75, 3.05) is 31.1 Å². The van der Waals surface area contributed by atoms with Crippen LogP contribution in [0.5, 0.6) is 0 Å². The van der Waals surface area contributed by atoms with Crippen LogP contribution in [0.15, 0.2) is 24.3 Å². The highest BCUT2D eigenvalue weighted by atomic mass is 32.2. The molecule has 1 aromatic carbocycles. The Morgan fingerprint density at radius 2 is 1.91 bits per heavy atom. The lowest BCUT2D eigenvalue weighted by Gasteiger charge is -2.37. The first-order valence-electron chi connectivity index (χ1n) is 8.95. The highest BCUT2D eigenvalue weighted by Gasteiger charge is 2.51. The second kappa shape index (κ2) is 5.59. The summed E-state index contributed by atoms with van der Waals surface area (Å²) in [7, 11) is -2.71. The summed E-state index contributed by atoms with van der Waals surface area (Å²) < 4.78 is 23.0. The summed E-state index contributed by atoms with van der Waals surface area (Å²) in [6.07, 6.45) is 4.91. The van der Waals surface area contributed by atoms with Crippen molar-refractivity contribution in [1.82, 2.24) is 4.90 Å². The molecule has 1 aliphatic carbocycles. The summed E-state index contributed by atoms with van der Waals surface area (Å²) in [6.45, 7) is 5.46. The van der Waals surface area contributed by atoms with Gasteiger partial charge in [-0.05, 0) is 55.2 Å². The first-order valence-corrected chi connectivity index (χ1v) is 10.8. The summed E-state index contributed by atoms with van der Waals surface area (Å²) in [5, 5.41) is 0. The molecule has 0 radical (unpaired) electrons. The van der Waals surface area contributed by atoms with E-state index >= 15 is 0 Å². The normalized spacial score (nSPS) is 27.0. The SMILES string of the molecule is C[C@@H](Cc1ccc(C2CC2)cc1)CN1CCC2(C1)CS(=O)(=O)C2. The minimum absolute atomic E-state index is 0.102. The Balaban J connectivity index is 1.28. The van der Waals surface area contributed by atoms with Gasteiger partial charge in [0.2, 0.25) is 0 Å². The van der Waals surface area contributed by atoms with Gasteiger partial charge in [0.25, 0.3) is 0 Å². The monoisotopic (exact) mass is 333 g/mol. The van der Waals surface area contributed by atoms with E-state index < -0.39 is 9.84 Å². The van der Waals surface area contributed by atoms with Crippen LogP contribution in [0, 0.1) is 11.3 Å². The van der Waals surface area contributed by atoms with Gasteiger partial charge in [0.05, 0.1) is 11.5 Å². The molecule has 3 nitrogen and oxygen atoms in total. The van der Waals surface area contributed by atoms with E-state index in [-0.39, 0.29) is 5.41 Å². The average Bonchev–Trinajstić information content (AvgIpc) is 3.22. The van der Waals surface area contributed by atoms with E-state index in [1.165, 1.54) is 24.0 Å². The Hall–Kier alpha value is -0.870. The fraction of sp³-hybridized carbons (Fsp3) is 0.684. The number of rotatable bonds is 5. The third-order valence-electron chi connectivity index (χ3n) is 5.75. The maximum atomic E-state index is 11.5. The Labute approximate surface area is 140 Å². The molecule has 0 amide bonds. The van der Waals surface area contributed by atoms with Gasteiger partial charge in [-0.3, -0.25) is 0 Å². The summed E-state index contributed by atoms with van der Waals surface area (Å²) in [4.78, 5) is 2.48. The zero-order chi connectivity index (χ0) is 16.1. The van der Waals surface area contributed by atoms with Crippen molar-refractivity contribution in [1.29, 1.82) is 0 Å². The molecule has 4 heteroatoms. The molecular weight excluding hydrogens is 306 g/mol. The first-order chi connectivity index (χ1) is 10.9. The number of hydrogen-bond donors (Lipinski definition) is 0. The first kappa shape index (κ1) is 15.6. The fourth-order valence-electron chi connectivity index (χ4n) is 4.56. The van der Waals surface area contributed by atoms with Crippen molar-refractivity contribution < 1.29 is 8.42 Å². The molecule has 126 valence electrons. The van der Waals surface area contributed by atoms with Gasteiger partial charge in [-0.1, -0.05) is 31.2 Å². The van der Waals surface area contributed by atoms with Crippen LogP contribution in [-0.4, -0.2) is 44.5 Å². The van der Waals surface area contributed by atoms with Crippen LogP contribution in [0.3, 0.4) is 0 Å². The van der Waals surface area contributed by atoms with Crippen LogP contribution < -0.4 is 0 Å². The minimum Gasteiger partial charge on any atom is -0.302 e. The van der Waals surface area contributed by atoms with E-state index in [4.69, 9.17) is 0 Å². The van der Waals surface area contributed by atoms with Gasteiger partial charge in [-0.15, -0.1) is 0 Å². The van der Waals surface area contributed by atoms with Crippen LogP contribution in [0.1, 0.15) is 43.2 Å². The number of nitrogens with zero attached hydrogens (tertiary/aromatic N) is 1. The molecule has 23 heavy (non-hydrogen) atoms. The number of benzene rings is 1. The Morgan fingerprint density at radius 1 is 1.22 bits per heavy atom. The zero-order valence-electron chi connectivity index (χ0n) is 14.0. The second-order valence-corrected chi connectivity index (χ2v) is 10.4. The molecule has 1 spiro atoms. The van der Waals surface area contributed by atoms with E-state index in [2.05, 4.69) is 36.1 Å². The molecule has 1 aromatic rings. The lowest BCUT2D eigenvalue weighted by Crippen LogP contribution is -2.50. The molecule has 0 unspecified atom stereocenters. The summed E-state index contributed by atoms with van der Waals surface area (Å²) in [5.74, 6) is 2.30. The highest BCUT2D eigenvalue weighted by molar-refractivity contribution is 7.92. The Kier molecular flexibility index (Phi) is 3.80. The molecule has 1 atom stereocenters. The number of sulfone groups is 1. The van der Waals surface area contributed by atoms with Crippen molar-refractivity contribution in [3.63, 3.8) is 0 Å². The van der Waals surface area contributed by atoms with Gasteiger partial charge >= 0.3 is 0 Å². The van der Waals surface area contributed by atoms with Gasteiger partial charge in [-0.25, -0.2) is 8.42 Å². The van der Waals surface area contributed by atoms with Crippen molar-refractivity contribution in [2.24, 2.45) is 11.3 Å². The maximum absolute atomic E-state index is 11.5. The van der Waals surface area contributed by atoms with Crippen molar-refractivity contribution in [3.8, 4) is 0 Å². The Morgan fingerprint density at radius 3 is 2.52 bits per heavy atom. The van der Waals surface area contributed by atoms with Gasteiger partial charge in [0, 0.05) is 18.5 Å². The summed E-state index contributed by atoms with van der Waals surface area (Å²) >= 11 is 0. The highest BCUT2D eigenvalue weighted by Crippen LogP contribution is 2.42. The van der Waals surface area contributed by atoms with E-state index in [1.807, 2.05) is 0 Å². The third kappa shape index (κ3) is 3.48. The van der Waals surface area contributed by atoms with Gasteiger partial charge in [-0.2, -0.15) is 0 Å². The molecular formula is C19H27NO2S. The molecule has 2 aliphatic heterocycles. The van der Waals surface area contributed by atoms with Crippen LogP contribution in [0.4, 0.5) is 0 Å². The predicted molar refractivity (Wildman–Crippen MR) is 93.4 cm³/mol. The van der Waals surface area contributed by atoms with E-state index in [9.17, 15) is 8.42 Å². The van der Waals surface area contributed by atoms with E-state index in [0.717, 1.165) is 38.4 Å². The van der Waals surface area contributed by atoms with Crippen LogP contribution in [0.2, 0.25) is 0 Å². The lowest BCUT2D eigenvalue weighted by molar-refractivity contribution is 0.249. The minimum atomic E-state index is -2.71. The quantitative estimate of drug-likeness (QED) is 0.831. The van der Waals surface area contributed by atoms with Gasteiger partial charge < -0.3 is 4.90 Å². The molecule has 2 heterocycles. The second-order valence-electron chi connectivity index (χ2n) is 8.34. The molecule has 3 fully saturated rings. The summed E-state index contributed by atoms with van der Waals surface area (Å²) in [5.41, 5.74) is 3.04. The topological polar surface area (TPSA) is 37.4 Å². The van der Waals surface area contributed by atoms with E-state index in [0.29, 0.717) is 17.4 Å². The zero-order valence-corrected chi connectivity index (χ0v) is 14.8. The smallest absolute Gasteiger partial charge is 0.151 e. The van der Waals surface area contributed by atoms with Gasteiger partial charge in [0.15, 0.2) is 9.84 Å². The van der Waals surface area contributed by atoms with Crippen LogP contribution >= 0.6 is 0 Å². The van der Waals surface area contributed by atoms with Crippen molar-refractivity contribution in [3.05, 3.63) is 35.4 Å². The van der Waals surface area contributed by atoms with Crippen LogP contribution in [0.25, 0.3) is 0 Å². The van der Waals surface area contributed by atoms with Crippen molar-refractivity contribution in [2.45, 2.75) is 38.5 Å².